The van der Waals surface area contributed by atoms with Gasteiger partial charge in [-0.15, -0.1) is 0 Å². The number of nitrogens with one attached hydrogen (secondary N) is 1. The molecule has 0 aliphatic carbocycles. The first-order valence-electron chi connectivity index (χ1n) is 18.3. The maximum Gasteiger partial charge on any atom is 0.385 e. The van der Waals surface area contributed by atoms with Crippen LogP contribution in [0.3, 0.4) is 0 Å². The summed E-state index contributed by atoms with van der Waals surface area (Å²) in [5.41, 5.74) is 10.6. The van der Waals surface area contributed by atoms with Gasteiger partial charge in [-0.2, -0.15) is 5.01 Å². The van der Waals surface area contributed by atoms with Gasteiger partial charge in [-0.3, -0.25) is 14.6 Å². The number of nitrogens with two attached hydrogens (primary N) is 1. The number of urea groups is 1. The Bertz CT molecular complexity index is 2380. The lowest BCUT2D eigenvalue weighted by atomic mass is 9.99. The van der Waals surface area contributed by atoms with Crippen molar-refractivity contribution in [1.29, 1.82) is 0 Å². The summed E-state index contributed by atoms with van der Waals surface area (Å²) in [4.78, 5) is 62.6. The van der Waals surface area contributed by atoms with Crippen LogP contribution in [0.2, 0.25) is 10.0 Å². The highest BCUT2D eigenvalue weighted by molar-refractivity contribution is 7.22. The van der Waals surface area contributed by atoms with Gasteiger partial charge in [-0.25, -0.2) is 14.6 Å². The number of anilines is 1. The summed E-state index contributed by atoms with van der Waals surface area (Å²) < 4.78 is 6.17. The van der Waals surface area contributed by atoms with E-state index in [9.17, 15) is 19.2 Å². The summed E-state index contributed by atoms with van der Waals surface area (Å²) in [7, 11) is 0. The van der Waals surface area contributed by atoms with Crippen LogP contribution in [0.5, 0.6) is 0 Å². The minimum Gasteiger partial charge on any atom is -0.451 e. The molecule has 2 aliphatic heterocycles. The van der Waals surface area contributed by atoms with Crippen molar-refractivity contribution in [3.8, 4) is 11.8 Å². The number of para-hydroxylation sites is 1. The van der Waals surface area contributed by atoms with Crippen molar-refractivity contribution in [2.45, 2.75) is 58.2 Å². The molecule has 0 saturated carbocycles. The monoisotopic (exact) mass is 823 g/mol. The molecule has 5 aromatic rings. The van der Waals surface area contributed by atoms with Crippen molar-refractivity contribution >= 4 is 73.7 Å². The van der Waals surface area contributed by atoms with Gasteiger partial charge in [0.05, 0.1) is 33.4 Å². The second kappa shape index (κ2) is 17.2. The molecule has 57 heavy (non-hydrogen) atoms. The lowest BCUT2D eigenvalue weighted by Crippen LogP contribution is -2.66. The number of rotatable bonds is 10. The lowest BCUT2D eigenvalue weighted by molar-refractivity contribution is -0.158. The third kappa shape index (κ3) is 9.00. The van der Waals surface area contributed by atoms with Gasteiger partial charge in [0.25, 0.3) is 0 Å². The Kier molecular flexibility index (Phi) is 12.0. The quantitative estimate of drug-likeness (QED) is 0.125. The molecule has 15 heteroatoms. The largest absolute Gasteiger partial charge is 0.451 e. The van der Waals surface area contributed by atoms with Gasteiger partial charge in [0.15, 0.2) is 5.13 Å². The van der Waals surface area contributed by atoms with E-state index in [1.165, 1.54) is 11.3 Å². The van der Waals surface area contributed by atoms with Gasteiger partial charge in [0, 0.05) is 37.0 Å². The number of esters is 1. The molecule has 0 bridgehead atoms. The average Bonchev–Trinajstić information content (AvgIpc) is 3.74. The van der Waals surface area contributed by atoms with Gasteiger partial charge in [0.1, 0.15) is 18.8 Å². The van der Waals surface area contributed by atoms with Gasteiger partial charge in [-0.1, -0.05) is 101 Å². The van der Waals surface area contributed by atoms with Crippen molar-refractivity contribution < 1.29 is 23.9 Å². The summed E-state index contributed by atoms with van der Waals surface area (Å²) in [6.45, 7) is 4.31. The maximum atomic E-state index is 14.5. The highest BCUT2D eigenvalue weighted by Crippen LogP contribution is 2.33. The minimum absolute atomic E-state index is 0.103. The molecule has 292 valence electrons. The van der Waals surface area contributed by atoms with Crippen LogP contribution in [0.15, 0.2) is 91.0 Å². The Morgan fingerprint density at radius 1 is 0.982 bits per heavy atom. The fourth-order valence-electron chi connectivity index (χ4n) is 7.11. The summed E-state index contributed by atoms with van der Waals surface area (Å²) in [6, 6.07) is 25.8. The highest BCUT2D eigenvalue weighted by Gasteiger charge is 2.52. The molecular weight excluding hydrogens is 785 g/mol. The van der Waals surface area contributed by atoms with Crippen LogP contribution >= 0.6 is 34.5 Å². The molecule has 2 fully saturated rings. The Morgan fingerprint density at radius 2 is 1.74 bits per heavy atom. The number of hydrazine groups is 1. The molecule has 0 unspecified atom stereocenters. The molecule has 4 amide bonds. The van der Waals surface area contributed by atoms with Crippen LogP contribution in [0.25, 0.3) is 10.2 Å². The fourth-order valence-corrected chi connectivity index (χ4v) is 8.21. The van der Waals surface area contributed by atoms with E-state index in [-0.39, 0.29) is 57.1 Å². The zero-order valence-electron chi connectivity index (χ0n) is 31.2. The van der Waals surface area contributed by atoms with Crippen LogP contribution < -0.4 is 11.1 Å². The van der Waals surface area contributed by atoms with Crippen LogP contribution in [0, 0.1) is 11.8 Å². The van der Waals surface area contributed by atoms with Crippen LogP contribution in [-0.2, 0) is 45.2 Å². The number of nitrogen functional groups attached to an aromatic ring is 1. The van der Waals surface area contributed by atoms with Crippen molar-refractivity contribution in [1.82, 2.24) is 30.1 Å². The molecule has 0 spiro atoms. The normalized spacial score (nSPS) is 16.7. The molecule has 3 N–H and O–H groups in total. The predicted octanol–water partition coefficient (Wildman–Crippen LogP) is 6.24. The number of hydrogen-bond acceptors (Lipinski definition) is 9. The SMILES string of the molecule is CC(C)N(C(=O)NCc1ccc(Cl)c(Cl)c1)N1CC(=O)N2[C@@H](Cc3ccc(C#CC(=O)OCc4ccccc4)cc3)C(=O)N(Cc3cccc4sc(N)nc34)C[C@@H]21. The van der Waals surface area contributed by atoms with E-state index in [0.717, 1.165) is 32.5 Å². The van der Waals surface area contributed by atoms with Crippen molar-refractivity contribution in [2.75, 3.05) is 18.8 Å². The first-order valence-corrected chi connectivity index (χ1v) is 19.9. The second-order valence-corrected chi connectivity index (χ2v) is 15.9. The fraction of sp³-hybridized carbons (Fsp3) is 0.262. The number of thiazole rings is 1. The standard InChI is InChI=1S/C42H39Cl2N7O5S/c1-26(2)51(42(55)46-21-30-15-17-32(43)33(44)19-30)49-24-37(52)50-34(40(54)48(23-36(49)50)22-31-9-6-10-35-39(31)47-41(45)57-35)20-28-13-11-27(12-14-28)16-18-38(53)56-25-29-7-4-3-5-8-29/h3-15,17,19,26,34,36H,20-25H2,1-2H3,(H2,45,47)(H,46,55)/t34-,36+/m0/s1. The maximum absolute atomic E-state index is 14.5. The van der Waals surface area contributed by atoms with E-state index in [1.807, 2.05) is 74.5 Å². The number of fused-ring (bicyclic) bond motifs is 2. The number of piperazine rings is 1. The first-order chi connectivity index (χ1) is 27.4. The smallest absolute Gasteiger partial charge is 0.385 e. The Hall–Kier alpha value is -5.65. The number of amides is 4. The molecule has 2 atom stereocenters. The average molecular weight is 825 g/mol. The first kappa shape index (κ1) is 39.6. The number of benzene rings is 4. The minimum atomic E-state index is -0.876. The third-order valence-corrected chi connectivity index (χ3v) is 11.3. The topological polar surface area (TPSA) is 141 Å². The summed E-state index contributed by atoms with van der Waals surface area (Å²) in [5, 5.41) is 7.47. The van der Waals surface area contributed by atoms with E-state index < -0.39 is 24.2 Å². The van der Waals surface area contributed by atoms with Gasteiger partial charge < -0.3 is 25.6 Å². The third-order valence-electron chi connectivity index (χ3n) is 9.75. The molecule has 3 heterocycles. The highest BCUT2D eigenvalue weighted by atomic mass is 35.5. The van der Waals surface area contributed by atoms with Crippen LogP contribution in [0.4, 0.5) is 9.93 Å². The number of carbonyl (C=O) groups excluding carboxylic acids is 4. The molecule has 0 radical (unpaired) electrons. The number of ether oxygens (including phenoxy) is 1. The molecular formula is C42H39Cl2N7O5S. The molecule has 7 rings (SSSR count). The number of carbonyl (C=O) groups is 4. The lowest BCUT2D eigenvalue weighted by Gasteiger charge is -2.47. The van der Waals surface area contributed by atoms with Crippen LogP contribution in [0.1, 0.15) is 41.7 Å². The second-order valence-electron chi connectivity index (χ2n) is 14.0. The Balaban J connectivity index is 1.13. The molecule has 2 saturated heterocycles. The van der Waals surface area contributed by atoms with E-state index in [1.54, 1.807) is 50.1 Å². The number of nitrogens with zero attached hydrogens (tertiary/aromatic N) is 5. The van der Waals surface area contributed by atoms with E-state index in [0.29, 0.717) is 20.7 Å². The van der Waals surface area contributed by atoms with Crippen LogP contribution in [-0.4, -0.2) is 80.0 Å². The van der Waals surface area contributed by atoms with Crippen molar-refractivity contribution in [3.63, 3.8) is 0 Å². The zero-order valence-corrected chi connectivity index (χ0v) is 33.5. The van der Waals surface area contributed by atoms with Gasteiger partial charge in [-0.05, 0) is 66.4 Å². The number of halogens is 2. The van der Waals surface area contributed by atoms with E-state index >= 15 is 0 Å². The zero-order chi connectivity index (χ0) is 40.2. The predicted molar refractivity (Wildman–Crippen MR) is 220 cm³/mol. The summed E-state index contributed by atoms with van der Waals surface area (Å²) in [6.07, 6.45) is -0.442. The summed E-state index contributed by atoms with van der Waals surface area (Å²) in [5.74, 6) is 4.22. The van der Waals surface area contributed by atoms with Crippen molar-refractivity contribution in [2.24, 2.45) is 0 Å². The molecule has 2 aliphatic rings. The summed E-state index contributed by atoms with van der Waals surface area (Å²) >= 11 is 13.7. The molecule has 12 nitrogen and oxygen atoms in total. The molecule has 4 aromatic carbocycles. The number of aromatic nitrogens is 1. The Morgan fingerprint density at radius 3 is 2.47 bits per heavy atom. The van der Waals surface area contributed by atoms with Gasteiger partial charge in [0.2, 0.25) is 11.8 Å². The van der Waals surface area contributed by atoms with Gasteiger partial charge >= 0.3 is 12.0 Å². The molecule has 1 aromatic heterocycles. The Labute approximate surface area is 344 Å². The van der Waals surface area contributed by atoms with Crippen molar-refractivity contribution in [3.05, 3.63) is 129 Å². The van der Waals surface area contributed by atoms with E-state index in [4.69, 9.17) is 33.7 Å². The number of hydrogen-bond donors (Lipinski definition) is 2. The van der Waals surface area contributed by atoms with E-state index in [2.05, 4.69) is 22.1 Å².